The third-order valence-electron chi connectivity index (χ3n) is 3.93. The van der Waals surface area contributed by atoms with Gasteiger partial charge < -0.3 is 10.1 Å². The lowest BCUT2D eigenvalue weighted by molar-refractivity contribution is 0.252. The van der Waals surface area contributed by atoms with E-state index >= 15 is 0 Å². The van der Waals surface area contributed by atoms with Gasteiger partial charge in [-0.3, -0.25) is 5.32 Å². The number of amides is 2. The van der Waals surface area contributed by atoms with Crippen LogP contribution in [0.15, 0.2) is 53.9 Å². The second-order valence-corrected chi connectivity index (χ2v) is 6.74. The van der Waals surface area contributed by atoms with E-state index in [0.717, 1.165) is 29.0 Å². The van der Waals surface area contributed by atoms with Gasteiger partial charge in [-0.15, -0.1) is 11.3 Å². The molecule has 3 rings (SSSR count). The van der Waals surface area contributed by atoms with Crippen LogP contribution in [0.4, 0.5) is 9.93 Å². The molecule has 2 aromatic carbocycles. The Balaban J connectivity index is 1.48. The number of thiazole rings is 1. The molecule has 0 unspecified atom stereocenters. The van der Waals surface area contributed by atoms with Gasteiger partial charge in [0.05, 0.1) is 12.8 Å². The summed E-state index contributed by atoms with van der Waals surface area (Å²) in [5.41, 5.74) is 4.25. The topological polar surface area (TPSA) is 63.2 Å². The van der Waals surface area contributed by atoms with Crippen molar-refractivity contribution < 1.29 is 9.53 Å². The molecule has 1 aromatic heterocycles. The number of rotatable bonds is 6. The van der Waals surface area contributed by atoms with Crippen LogP contribution in [-0.2, 0) is 6.42 Å². The molecule has 0 aliphatic heterocycles. The van der Waals surface area contributed by atoms with E-state index in [4.69, 9.17) is 4.74 Å². The summed E-state index contributed by atoms with van der Waals surface area (Å²) >= 11 is 1.41. The van der Waals surface area contributed by atoms with E-state index in [0.29, 0.717) is 11.7 Å². The van der Waals surface area contributed by atoms with Crippen molar-refractivity contribution in [2.45, 2.75) is 13.3 Å². The summed E-state index contributed by atoms with van der Waals surface area (Å²) in [5.74, 6) is 0.826. The highest BCUT2D eigenvalue weighted by atomic mass is 32.1. The Labute approximate surface area is 157 Å². The number of aromatic nitrogens is 1. The van der Waals surface area contributed by atoms with E-state index in [1.165, 1.54) is 16.9 Å². The summed E-state index contributed by atoms with van der Waals surface area (Å²) < 4.78 is 5.13. The largest absolute Gasteiger partial charge is 0.497 e. The molecule has 0 fully saturated rings. The SMILES string of the molecule is COc1ccc(CCNC(=O)Nc2nc(-c3ccc(C)cc3)cs2)cc1. The number of carbonyl (C=O) groups excluding carboxylic acids is 1. The summed E-state index contributed by atoms with van der Waals surface area (Å²) in [5, 5.41) is 8.16. The molecular formula is C20H21N3O2S. The molecule has 0 saturated carbocycles. The Morgan fingerprint density at radius 1 is 1.12 bits per heavy atom. The smallest absolute Gasteiger partial charge is 0.321 e. The Morgan fingerprint density at radius 3 is 2.54 bits per heavy atom. The number of benzene rings is 2. The monoisotopic (exact) mass is 367 g/mol. The molecule has 2 N–H and O–H groups in total. The number of carbonyl (C=O) groups is 1. The molecule has 0 aliphatic rings. The summed E-state index contributed by atoms with van der Waals surface area (Å²) in [6.07, 6.45) is 0.754. The number of anilines is 1. The molecule has 0 radical (unpaired) electrons. The summed E-state index contributed by atoms with van der Waals surface area (Å²) in [6, 6.07) is 15.7. The number of aryl methyl sites for hydroxylation is 1. The van der Waals surface area contributed by atoms with Gasteiger partial charge in [-0.1, -0.05) is 42.0 Å². The van der Waals surface area contributed by atoms with Crippen molar-refractivity contribution in [3.8, 4) is 17.0 Å². The summed E-state index contributed by atoms with van der Waals surface area (Å²) in [4.78, 5) is 16.5. The number of methoxy groups -OCH3 is 1. The highest BCUT2D eigenvalue weighted by molar-refractivity contribution is 7.14. The highest BCUT2D eigenvalue weighted by Gasteiger charge is 2.07. The maximum atomic E-state index is 12.0. The fraction of sp³-hybridized carbons (Fsp3) is 0.200. The zero-order chi connectivity index (χ0) is 18.4. The number of nitrogens with one attached hydrogen (secondary N) is 2. The Hall–Kier alpha value is -2.86. The van der Waals surface area contributed by atoms with Crippen LogP contribution in [0.5, 0.6) is 5.75 Å². The van der Waals surface area contributed by atoms with Crippen LogP contribution in [0, 0.1) is 6.92 Å². The van der Waals surface area contributed by atoms with Crippen molar-refractivity contribution in [2.75, 3.05) is 19.0 Å². The fourth-order valence-corrected chi connectivity index (χ4v) is 3.16. The number of nitrogens with zero attached hydrogens (tertiary/aromatic N) is 1. The van der Waals surface area contributed by atoms with Crippen LogP contribution in [0.1, 0.15) is 11.1 Å². The zero-order valence-electron chi connectivity index (χ0n) is 14.8. The summed E-state index contributed by atoms with van der Waals surface area (Å²) in [7, 11) is 1.64. The van der Waals surface area contributed by atoms with E-state index in [1.54, 1.807) is 7.11 Å². The van der Waals surface area contributed by atoms with E-state index < -0.39 is 0 Å². The van der Waals surface area contributed by atoms with Crippen molar-refractivity contribution in [1.82, 2.24) is 10.3 Å². The average molecular weight is 367 g/mol. The fourth-order valence-electron chi connectivity index (χ4n) is 2.44. The lowest BCUT2D eigenvalue weighted by Gasteiger charge is -2.06. The first-order valence-electron chi connectivity index (χ1n) is 8.34. The molecular weight excluding hydrogens is 346 g/mol. The van der Waals surface area contributed by atoms with Gasteiger partial charge in [-0.2, -0.15) is 0 Å². The third-order valence-corrected chi connectivity index (χ3v) is 4.69. The first-order valence-corrected chi connectivity index (χ1v) is 9.22. The Kier molecular flexibility index (Phi) is 5.86. The van der Waals surface area contributed by atoms with E-state index in [2.05, 4.69) is 15.6 Å². The molecule has 0 saturated heterocycles. The molecule has 26 heavy (non-hydrogen) atoms. The lowest BCUT2D eigenvalue weighted by atomic mass is 10.1. The number of ether oxygens (including phenoxy) is 1. The molecule has 134 valence electrons. The second kappa shape index (κ2) is 8.49. The second-order valence-electron chi connectivity index (χ2n) is 5.88. The number of urea groups is 1. The van der Waals surface area contributed by atoms with Crippen LogP contribution >= 0.6 is 11.3 Å². The molecule has 0 aliphatic carbocycles. The lowest BCUT2D eigenvalue weighted by Crippen LogP contribution is -2.30. The predicted octanol–water partition coefficient (Wildman–Crippen LogP) is 4.49. The van der Waals surface area contributed by atoms with Gasteiger partial charge >= 0.3 is 6.03 Å². The van der Waals surface area contributed by atoms with Gasteiger partial charge in [-0.05, 0) is 31.0 Å². The first kappa shape index (κ1) is 17.9. The maximum absolute atomic E-state index is 12.0. The molecule has 0 bridgehead atoms. The van der Waals surface area contributed by atoms with E-state index in [-0.39, 0.29) is 6.03 Å². The third kappa shape index (κ3) is 4.83. The van der Waals surface area contributed by atoms with Crippen LogP contribution in [0.25, 0.3) is 11.3 Å². The van der Waals surface area contributed by atoms with Gasteiger partial charge in [0.2, 0.25) is 0 Å². The Bertz CT molecular complexity index is 858. The van der Waals surface area contributed by atoms with Gasteiger partial charge in [0.1, 0.15) is 5.75 Å². The van der Waals surface area contributed by atoms with Crippen molar-refractivity contribution in [1.29, 1.82) is 0 Å². The normalized spacial score (nSPS) is 10.4. The molecule has 1 heterocycles. The van der Waals surface area contributed by atoms with Gasteiger partial charge in [0.15, 0.2) is 5.13 Å². The molecule has 2 amide bonds. The zero-order valence-corrected chi connectivity index (χ0v) is 15.6. The van der Waals surface area contributed by atoms with Gasteiger partial charge in [0.25, 0.3) is 0 Å². The van der Waals surface area contributed by atoms with Crippen molar-refractivity contribution in [3.05, 3.63) is 65.0 Å². The van der Waals surface area contributed by atoms with Crippen molar-refractivity contribution in [2.24, 2.45) is 0 Å². The van der Waals surface area contributed by atoms with Crippen LogP contribution in [0.3, 0.4) is 0 Å². The standard InChI is InChI=1S/C20H21N3O2S/c1-14-3-7-16(8-4-14)18-13-26-20(22-18)23-19(24)21-12-11-15-5-9-17(25-2)10-6-15/h3-10,13H,11-12H2,1-2H3,(H2,21,22,23,24). The van der Waals surface area contributed by atoms with Crippen molar-refractivity contribution >= 4 is 22.5 Å². The van der Waals surface area contributed by atoms with Gasteiger partial charge in [0, 0.05) is 17.5 Å². The molecule has 5 nitrogen and oxygen atoms in total. The average Bonchev–Trinajstić information content (AvgIpc) is 3.11. The predicted molar refractivity (Wildman–Crippen MR) is 106 cm³/mol. The number of hydrogen-bond donors (Lipinski definition) is 2. The van der Waals surface area contributed by atoms with Gasteiger partial charge in [-0.25, -0.2) is 9.78 Å². The maximum Gasteiger partial charge on any atom is 0.321 e. The molecule has 0 atom stereocenters. The van der Waals surface area contributed by atoms with E-state index in [9.17, 15) is 4.79 Å². The number of hydrogen-bond acceptors (Lipinski definition) is 4. The van der Waals surface area contributed by atoms with Crippen molar-refractivity contribution in [3.63, 3.8) is 0 Å². The molecule has 6 heteroatoms. The molecule has 3 aromatic rings. The minimum absolute atomic E-state index is 0.247. The van der Waals surface area contributed by atoms with E-state index in [1.807, 2.05) is 60.8 Å². The van der Waals surface area contributed by atoms with Crippen LogP contribution in [0.2, 0.25) is 0 Å². The minimum Gasteiger partial charge on any atom is -0.497 e. The molecule has 0 spiro atoms. The Morgan fingerprint density at radius 2 is 1.85 bits per heavy atom. The first-order chi connectivity index (χ1) is 12.6. The summed E-state index contributed by atoms with van der Waals surface area (Å²) in [6.45, 7) is 2.60. The van der Waals surface area contributed by atoms with Crippen LogP contribution < -0.4 is 15.4 Å². The highest BCUT2D eigenvalue weighted by Crippen LogP contribution is 2.25. The quantitative estimate of drug-likeness (QED) is 0.675. The van der Waals surface area contributed by atoms with Crippen LogP contribution in [-0.4, -0.2) is 24.7 Å². The minimum atomic E-state index is -0.247.